The molecular formula is C30H23N3O2. The van der Waals surface area contributed by atoms with E-state index in [9.17, 15) is 9.59 Å². The van der Waals surface area contributed by atoms with Crippen molar-refractivity contribution >= 4 is 45.3 Å². The van der Waals surface area contributed by atoms with Crippen LogP contribution in [0.4, 0.5) is 5.69 Å². The molecule has 35 heavy (non-hydrogen) atoms. The molecule has 0 aliphatic rings. The lowest BCUT2D eigenvalue weighted by Gasteiger charge is -2.09. The first kappa shape index (κ1) is 22.0. The van der Waals surface area contributed by atoms with Crippen LogP contribution in [0.5, 0.6) is 0 Å². The van der Waals surface area contributed by atoms with Gasteiger partial charge in [0.05, 0.1) is 6.21 Å². The van der Waals surface area contributed by atoms with Crippen molar-refractivity contribution in [1.29, 1.82) is 0 Å². The van der Waals surface area contributed by atoms with Gasteiger partial charge >= 0.3 is 0 Å². The van der Waals surface area contributed by atoms with Gasteiger partial charge in [0.1, 0.15) is 0 Å². The number of amides is 2. The lowest BCUT2D eigenvalue weighted by Crippen LogP contribution is -2.18. The van der Waals surface area contributed by atoms with Gasteiger partial charge in [-0.3, -0.25) is 9.59 Å². The molecule has 0 fully saturated rings. The van der Waals surface area contributed by atoms with Gasteiger partial charge in [-0.25, -0.2) is 5.43 Å². The lowest BCUT2D eigenvalue weighted by molar-refractivity contribution is 0.0954. The number of carbonyl (C=O) groups is 2. The Morgan fingerprint density at radius 2 is 1.31 bits per heavy atom. The first-order valence-electron chi connectivity index (χ1n) is 11.3. The molecule has 0 spiro atoms. The molecule has 0 aliphatic heterocycles. The molecule has 5 aromatic carbocycles. The Hall–Kier alpha value is -4.77. The Morgan fingerprint density at radius 1 is 0.714 bits per heavy atom. The molecule has 0 aliphatic carbocycles. The first-order chi connectivity index (χ1) is 17.1. The molecule has 0 saturated heterocycles. The van der Waals surface area contributed by atoms with Crippen LogP contribution >= 0.6 is 0 Å². The van der Waals surface area contributed by atoms with Crippen molar-refractivity contribution in [3.63, 3.8) is 0 Å². The van der Waals surface area contributed by atoms with Crippen molar-refractivity contribution in [2.45, 2.75) is 6.92 Å². The molecule has 0 bridgehead atoms. The highest BCUT2D eigenvalue weighted by Crippen LogP contribution is 2.27. The molecule has 0 radical (unpaired) electrons. The maximum absolute atomic E-state index is 12.6. The maximum Gasteiger partial charge on any atom is 0.271 e. The number of carbonyl (C=O) groups excluding carboxylic acids is 2. The molecule has 5 nitrogen and oxygen atoms in total. The van der Waals surface area contributed by atoms with Crippen molar-refractivity contribution in [1.82, 2.24) is 5.43 Å². The van der Waals surface area contributed by atoms with Crippen molar-refractivity contribution in [2.24, 2.45) is 5.10 Å². The third-order valence-electron chi connectivity index (χ3n) is 5.97. The second kappa shape index (κ2) is 9.61. The normalized spacial score (nSPS) is 11.1. The summed E-state index contributed by atoms with van der Waals surface area (Å²) in [5.41, 5.74) is 6.14. The smallest absolute Gasteiger partial charge is 0.271 e. The van der Waals surface area contributed by atoms with Gasteiger partial charge in [0, 0.05) is 22.4 Å². The van der Waals surface area contributed by atoms with Gasteiger partial charge in [-0.15, -0.1) is 0 Å². The molecule has 170 valence electrons. The van der Waals surface area contributed by atoms with Crippen molar-refractivity contribution in [3.8, 4) is 0 Å². The van der Waals surface area contributed by atoms with Gasteiger partial charge in [-0.2, -0.15) is 5.10 Å². The predicted octanol–water partition coefficient (Wildman–Crippen LogP) is 6.32. The van der Waals surface area contributed by atoms with Gasteiger partial charge in [-0.1, -0.05) is 66.7 Å². The largest absolute Gasteiger partial charge is 0.322 e. The van der Waals surface area contributed by atoms with Crippen molar-refractivity contribution < 1.29 is 9.59 Å². The molecule has 5 heteroatoms. The summed E-state index contributed by atoms with van der Waals surface area (Å²) in [7, 11) is 0. The Bertz CT molecular complexity index is 1530. The fourth-order valence-corrected chi connectivity index (χ4v) is 4.14. The van der Waals surface area contributed by atoms with E-state index in [2.05, 4.69) is 46.2 Å². The average molecular weight is 458 g/mol. The Kier molecular flexibility index (Phi) is 6.05. The number of hydrogen-bond donors (Lipinski definition) is 2. The molecular weight excluding hydrogens is 434 g/mol. The molecule has 2 amide bonds. The minimum Gasteiger partial charge on any atom is -0.322 e. The highest BCUT2D eigenvalue weighted by molar-refractivity contribution is 6.13. The van der Waals surface area contributed by atoms with Gasteiger partial charge in [0.2, 0.25) is 0 Å². The lowest BCUT2D eigenvalue weighted by atomic mass is 9.97. The van der Waals surface area contributed by atoms with E-state index >= 15 is 0 Å². The molecule has 0 heterocycles. The molecule has 0 aromatic heterocycles. The first-order valence-corrected chi connectivity index (χ1v) is 11.3. The van der Waals surface area contributed by atoms with Gasteiger partial charge in [-0.05, 0) is 70.4 Å². The minimum atomic E-state index is -0.331. The summed E-state index contributed by atoms with van der Waals surface area (Å²) >= 11 is 0. The number of fused-ring (bicyclic) bond motifs is 2. The standard InChI is InChI=1S/C30H23N3O2/c1-20-8-2-5-11-25(20)30(35)32-24-16-14-21(15-17-24)29(34)33-31-19-28-26-12-6-3-9-22(26)18-23-10-4-7-13-27(23)28/h2-19H,1H3,(H,32,35)(H,33,34). The number of hydrogen-bond acceptors (Lipinski definition) is 3. The third-order valence-corrected chi connectivity index (χ3v) is 5.97. The number of anilines is 1. The van der Waals surface area contributed by atoms with E-state index in [0.29, 0.717) is 16.8 Å². The molecule has 2 N–H and O–H groups in total. The van der Waals surface area contributed by atoms with E-state index in [0.717, 1.165) is 32.7 Å². The highest BCUT2D eigenvalue weighted by Gasteiger charge is 2.10. The summed E-state index contributed by atoms with van der Waals surface area (Å²) in [5, 5.41) is 11.5. The number of aryl methyl sites for hydroxylation is 1. The topological polar surface area (TPSA) is 70.6 Å². The van der Waals surface area contributed by atoms with Crippen LogP contribution in [0.1, 0.15) is 31.8 Å². The summed E-state index contributed by atoms with van der Waals surface area (Å²) < 4.78 is 0. The van der Waals surface area contributed by atoms with Crippen LogP contribution in [0.25, 0.3) is 21.5 Å². The summed E-state index contributed by atoms with van der Waals surface area (Å²) in [4.78, 5) is 25.2. The Balaban J connectivity index is 1.31. The number of benzene rings is 5. The van der Waals surface area contributed by atoms with Crippen molar-refractivity contribution in [3.05, 3.63) is 125 Å². The second-order valence-electron chi connectivity index (χ2n) is 8.28. The van der Waals surface area contributed by atoms with Crippen LogP contribution < -0.4 is 10.7 Å². The summed E-state index contributed by atoms with van der Waals surface area (Å²) in [6, 6.07) is 32.5. The van der Waals surface area contributed by atoms with E-state index in [1.165, 1.54) is 0 Å². The fraction of sp³-hybridized carbons (Fsp3) is 0.0333. The maximum atomic E-state index is 12.6. The molecule has 0 atom stereocenters. The summed E-state index contributed by atoms with van der Waals surface area (Å²) in [6.45, 7) is 1.89. The summed E-state index contributed by atoms with van der Waals surface area (Å²) in [5.74, 6) is -0.519. The quantitative estimate of drug-likeness (QED) is 0.184. The van der Waals surface area contributed by atoms with E-state index in [1.807, 2.05) is 49.4 Å². The SMILES string of the molecule is Cc1ccccc1C(=O)Nc1ccc(C(=O)NN=Cc2c3ccccc3cc3ccccc23)cc1. The van der Waals surface area contributed by atoms with E-state index in [-0.39, 0.29) is 11.8 Å². The predicted molar refractivity (Wildman–Crippen MR) is 142 cm³/mol. The number of nitrogens with one attached hydrogen (secondary N) is 2. The van der Waals surface area contributed by atoms with Crippen molar-refractivity contribution in [2.75, 3.05) is 5.32 Å². The second-order valence-corrected chi connectivity index (χ2v) is 8.28. The van der Waals surface area contributed by atoms with Gasteiger partial charge in [0.25, 0.3) is 11.8 Å². The molecule has 5 rings (SSSR count). The van der Waals surface area contributed by atoms with Crippen LogP contribution in [0.3, 0.4) is 0 Å². The average Bonchev–Trinajstić information content (AvgIpc) is 2.89. The zero-order valence-electron chi connectivity index (χ0n) is 19.2. The van der Waals surface area contributed by atoms with Crippen LogP contribution in [0.15, 0.2) is 108 Å². The van der Waals surface area contributed by atoms with E-state index in [4.69, 9.17) is 0 Å². The van der Waals surface area contributed by atoms with Crippen LogP contribution in [-0.4, -0.2) is 18.0 Å². The fourth-order valence-electron chi connectivity index (χ4n) is 4.14. The third kappa shape index (κ3) is 4.66. The zero-order valence-corrected chi connectivity index (χ0v) is 19.2. The minimum absolute atomic E-state index is 0.188. The Labute approximate surface area is 203 Å². The zero-order chi connectivity index (χ0) is 24.2. The number of hydrazone groups is 1. The van der Waals surface area contributed by atoms with E-state index < -0.39 is 0 Å². The van der Waals surface area contributed by atoms with Crippen LogP contribution in [-0.2, 0) is 0 Å². The van der Waals surface area contributed by atoms with E-state index in [1.54, 1.807) is 36.5 Å². The van der Waals surface area contributed by atoms with Crippen LogP contribution in [0.2, 0.25) is 0 Å². The molecule has 5 aromatic rings. The monoisotopic (exact) mass is 457 g/mol. The molecule has 0 saturated carbocycles. The molecule has 0 unspecified atom stereocenters. The van der Waals surface area contributed by atoms with Gasteiger partial charge in [0.15, 0.2) is 0 Å². The Morgan fingerprint density at radius 3 is 1.97 bits per heavy atom. The van der Waals surface area contributed by atoms with Gasteiger partial charge < -0.3 is 5.32 Å². The highest BCUT2D eigenvalue weighted by atomic mass is 16.2. The van der Waals surface area contributed by atoms with Crippen LogP contribution in [0, 0.1) is 6.92 Å². The number of rotatable bonds is 5. The number of nitrogens with zero attached hydrogens (tertiary/aromatic N) is 1. The summed E-state index contributed by atoms with van der Waals surface area (Å²) in [6.07, 6.45) is 1.69.